The van der Waals surface area contributed by atoms with Gasteiger partial charge in [0.25, 0.3) is 5.91 Å². The van der Waals surface area contributed by atoms with E-state index < -0.39 is 5.82 Å². The van der Waals surface area contributed by atoms with E-state index in [1.807, 2.05) is 0 Å². The highest BCUT2D eigenvalue weighted by Crippen LogP contribution is 2.15. The minimum atomic E-state index is -0.500. The summed E-state index contributed by atoms with van der Waals surface area (Å²) in [5.41, 5.74) is 0.274. The van der Waals surface area contributed by atoms with Gasteiger partial charge in [0, 0.05) is 27.2 Å². The molecule has 2 rings (SSSR count). The van der Waals surface area contributed by atoms with Crippen molar-refractivity contribution in [2.75, 3.05) is 45.6 Å². The van der Waals surface area contributed by atoms with Crippen molar-refractivity contribution in [3.8, 4) is 0 Å². The number of aromatic nitrogens is 1. The number of carbonyl (C=O) groups excluding carboxylic acids is 1. The Morgan fingerprint density at radius 2 is 2.20 bits per heavy atom. The monoisotopic (exact) mass is 280 g/mol. The first-order valence-corrected chi connectivity index (χ1v) is 6.93. The van der Waals surface area contributed by atoms with Gasteiger partial charge in [-0.25, -0.2) is 9.37 Å². The predicted octanol–water partition coefficient (Wildman–Crippen LogP) is 1.43. The first-order valence-electron chi connectivity index (χ1n) is 6.93. The van der Waals surface area contributed by atoms with Crippen LogP contribution in [-0.4, -0.2) is 61.0 Å². The molecule has 20 heavy (non-hydrogen) atoms. The molecule has 5 nitrogen and oxygen atoms in total. The molecule has 0 unspecified atom stereocenters. The predicted molar refractivity (Wildman–Crippen MR) is 76.4 cm³/mol. The van der Waals surface area contributed by atoms with E-state index in [2.05, 4.69) is 15.2 Å². The normalized spacial score (nSPS) is 15.3. The minimum Gasteiger partial charge on any atom is -0.372 e. The number of hydrogen-bond donors (Lipinski definition) is 1. The Hall–Kier alpha value is -1.69. The zero-order valence-corrected chi connectivity index (χ0v) is 12.0. The van der Waals surface area contributed by atoms with Crippen molar-refractivity contribution in [1.82, 2.24) is 14.8 Å². The second kappa shape index (κ2) is 6.65. The Labute approximate surface area is 118 Å². The summed E-state index contributed by atoms with van der Waals surface area (Å²) in [4.78, 5) is 20.2. The molecule has 110 valence electrons. The zero-order valence-electron chi connectivity index (χ0n) is 12.0. The van der Waals surface area contributed by atoms with Crippen LogP contribution in [0.2, 0.25) is 0 Å². The van der Waals surface area contributed by atoms with Gasteiger partial charge in [-0.1, -0.05) is 0 Å². The highest BCUT2D eigenvalue weighted by atomic mass is 19.1. The maximum Gasteiger partial charge on any atom is 0.257 e. The molecule has 1 aliphatic heterocycles. The fourth-order valence-corrected chi connectivity index (χ4v) is 2.41. The molecular formula is C14H21FN4O. The highest BCUT2D eigenvalue weighted by Gasteiger charge is 2.19. The number of likely N-dealkylation sites (N-methyl/N-ethyl adjacent to an activating group) is 1. The number of amides is 1. The molecular weight excluding hydrogens is 259 g/mol. The average molecular weight is 280 g/mol. The summed E-state index contributed by atoms with van der Waals surface area (Å²) in [6.07, 6.45) is 3.57. The van der Waals surface area contributed by atoms with Crippen molar-refractivity contribution >= 4 is 11.7 Å². The molecule has 0 saturated carbocycles. The lowest BCUT2D eigenvalue weighted by Gasteiger charge is -2.22. The molecule has 0 aliphatic carbocycles. The second-order valence-electron chi connectivity index (χ2n) is 5.08. The number of anilines is 1. The van der Waals surface area contributed by atoms with Crippen molar-refractivity contribution in [3.05, 3.63) is 23.6 Å². The lowest BCUT2D eigenvalue weighted by Crippen LogP contribution is -2.35. The van der Waals surface area contributed by atoms with E-state index in [1.165, 1.54) is 18.9 Å². The number of likely N-dealkylation sites (tertiary alicyclic amines) is 1. The summed E-state index contributed by atoms with van der Waals surface area (Å²) in [6.45, 7) is 3.70. The molecule has 6 heteroatoms. The van der Waals surface area contributed by atoms with Gasteiger partial charge in [-0.05, 0) is 32.0 Å². The van der Waals surface area contributed by atoms with Crippen LogP contribution in [0.1, 0.15) is 23.2 Å². The Morgan fingerprint density at radius 1 is 1.50 bits per heavy atom. The topological polar surface area (TPSA) is 48.5 Å². The van der Waals surface area contributed by atoms with Gasteiger partial charge < -0.3 is 15.1 Å². The number of carbonyl (C=O) groups is 1. The van der Waals surface area contributed by atoms with Gasteiger partial charge in [0.1, 0.15) is 11.6 Å². The van der Waals surface area contributed by atoms with Crippen LogP contribution < -0.4 is 5.32 Å². The summed E-state index contributed by atoms with van der Waals surface area (Å²) < 4.78 is 13.3. The molecule has 1 aliphatic rings. The molecule has 1 N–H and O–H groups in total. The van der Waals surface area contributed by atoms with E-state index >= 15 is 0 Å². The van der Waals surface area contributed by atoms with E-state index in [0.717, 1.165) is 25.8 Å². The molecule has 1 aromatic heterocycles. The quantitative estimate of drug-likeness (QED) is 0.886. The molecule has 0 atom stereocenters. The number of halogens is 1. The average Bonchev–Trinajstić information content (AvgIpc) is 2.97. The molecule has 0 aromatic carbocycles. The second-order valence-corrected chi connectivity index (χ2v) is 5.08. The van der Waals surface area contributed by atoms with Crippen molar-refractivity contribution < 1.29 is 9.18 Å². The Morgan fingerprint density at radius 3 is 2.85 bits per heavy atom. The number of hydrogen-bond acceptors (Lipinski definition) is 4. The van der Waals surface area contributed by atoms with Gasteiger partial charge in [-0.15, -0.1) is 0 Å². The lowest BCUT2D eigenvalue weighted by molar-refractivity contribution is 0.0782. The maximum atomic E-state index is 13.3. The van der Waals surface area contributed by atoms with Crippen LogP contribution in [0.15, 0.2) is 12.3 Å². The van der Waals surface area contributed by atoms with Crippen LogP contribution in [0.4, 0.5) is 10.2 Å². The molecule has 1 amide bonds. The van der Waals surface area contributed by atoms with Crippen LogP contribution in [0.25, 0.3) is 0 Å². The highest BCUT2D eigenvalue weighted by molar-refractivity contribution is 5.98. The van der Waals surface area contributed by atoms with Gasteiger partial charge in [0.2, 0.25) is 0 Å². The molecule has 0 spiro atoms. The third-order valence-electron chi connectivity index (χ3n) is 3.62. The van der Waals surface area contributed by atoms with E-state index in [-0.39, 0.29) is 11.5 Å². The summed E-state index contributed by atoms with van der Waals surface area (Å²) in [6, 6.07) is 1.23. The first kappa shape index (κ1) is 14.7. The van der Waals surface area contributed by atoms with Crippen molar-refractivity contribution in [3.63, 3.8) is 0 Å². The Balaban J connectivity index is 2.00. The third-order valence-corrected chi connectivity index (χ3v) is 3.62. The Kier molecular flexibility index (Phi) is 4.89. The smallest absolute Gasteiger partial charge is 0.257 e. The van der Waals surface area contributed by atoms with Crippen LogP contribution >= 0.6 is 0 Å². The van der Waals surface area contributed by atoms with Crippen molar-refractivity contribution in [2.24, 2.45) is 0 Å². The maximum absolute atomic E-state index is 13.3. The number of nitrogens with one attached hydrogen (secondary N) is 1. The standard InChI is InChI=1S/C14H21FN4O/c1-16-13-12(9-11(15)10-17-13)14(20)18(2)7-8-19-5-3-4-6-19/h9-10H,3-8H2,1-2H3,(H,16,17). The van der Waals surface area contributed by atoms with E-state index in [4.69, 9.17) is 0 Å². The molecule has 1 fully saturated rings. The van der Waals surface area contributed by atoms with Crippen molar-refractivity contribution in [1.29, 1.82) is 0 Å². The van der Waals surface area contributed by atoms with Gasteiger partial charge in [-0.2, -0.15) is 0 Å². The molecule has 0 bridgehead atoms. The van der Waals surface area contributed by atoms with E-state index in [1.54, 1.807) is 19.0 Å². The van der Waals surface area contributed by atoms with Crippen LogP contribution in [0.5, 0.6) is 0 Å². The van der Waals surface area contributed by atoms with Gasteiger partial charge in [0.05, 0.1) is 11.8 Å². The number of nitrogens with zero attached hydrogens (tertiary/aromatic N) is 3. The summed E-state index contributed by atoms with van der Waals surface area (Å²) >= 11 is 0. The van der Waals surface area contributed by atoms with Crippen molar-refractivity contribution in [2.45, 2.75) is 12.8 Å². The van der Waals surface area contributed by atoms with E-state index in [0.29, 0.717) is 12.4 Å². The van der Waals surface area contributed by atoms with Gasteiger partial charge >= 0.3 is 0 Å². The largest absolute Gasteiger partial charge is 0.372 e. The van der Waals surface area contributed by atoms with E-state index in [9.17, 15) is 9.18 Å². The number of pyridine rings is 1. The Bertz CT molecular complexity index is 474. The molecule has 2 heterocycles. The molecule has 0 radical (unpaired) electrons. The summed E-state index contributed by atoms with van der Waals surface area (Å²) in [7, 11) is 3.41. The SMILES string of the molecule is CNc1ncc(F)cc1C(=O)N(C)CCN1CCCC1. The molecule has 1 aromatic rings. The van der Waals surface area contributed by atoms with Gasteiger partial charge in [-0.3, -0.25) is 4.79 Å². The summed E-state index contributed by atoms with van der Waals surface area (Å²) in [5, 5.41) is 2.82. The van der Waals surface area contributed by atoms with Gasteiger partial charge in [0.15, 0.2) is 0 Å². The summed E-state index contributed by atoms with van der Waals surface area (Å²) in [5.74, 6) is -0.301. The fraction of sp³-hybridized carbons (Fsp3) is 0.571. The van der Waals surface area contributed by atoms with Crippen LogP contribution in [0, 0.1) is 5.82 Å². The fourth-order valence-electron chi connectivity index (χ4n) is 2.41. The third kappa shape index (κ3) is 3.45. The van der Waals surface area contributed by atoms with Crippen LogP contribution in [-0.2, 0) is 0 Å². The number of rotatable bonds is 5. The van der Waals surface area contributed by atoms with Crippen LogP contribution in [0.3, 0.4) is 0 Å². The lowest BCUT2D eigenvalue weighted by atomic mass is 10.2. The minimum absolute atomic E-state index is 0.208. The first-order chi connectivity index (χ1) is 9.61. The zero-order chi connectivity index (χ0) is 14.5. The molecule has 1 saturated heterocycles.